The van der Waals surface area contributed by atoms with E-state index in [-0.39, 0.29) is 0 Å². The molecule has 0 spiro atoms. The Labute approximate surface area is 122 Å². The van der Waals surface area contributed by atoms with Gasteiger partial charge in [0, 0.05) is 40.6 Å². The first-order valence-corrected chi connectivity index (χ1v) is 7.52. The third-order valence-corrected chi connectivity index (χ3v) is 4.37. The standard InChI is InChI=1S/C15H18BrN3/c1-19(11-5-6-11)10-9-18-15-13-3-2-4-14(16)12(13)7-8-17-15/h2-4,7-8,11H,5-6,9-10H2,1H3,(H,17,18). The summed E-state index contributed by atoms with van der Waals surface area (Å²) in [5.74, 6) is 0.975. The van der Waals surface area contributed by atoms with Gasteiger partial charge in [0.1, 0.15) is 5.82 Å². The van der Waals surface area contributed by atoms with Crippen LogP contribution in [0.25, 0.3) is 10.8 Å². The molecule has 1 aromatic heterocycles. The first-order valence-electron chi connectivity index (χ1n) is 6.73. The Morgan fingerprint density at radius 3 is 2.95 bits per heavy atom. The SMILES string of the molecule is CN(CCNc1nccc2c(Br)cccc12)C1CC1. The highest BCUT2D eigenvalue weighted by Gasteiger charge is 2.25. The van der Waals surface area contributed by atoms with E-state index in [2.05, 4.69) is 56.4 Å². The third kappa shape index (κ3) is 2.90. The number of aromatic nitrogens is 1. The monoisotopic (exact) mass is 319 g/mol. The summed E-state index contributed by atoms with van der Waals surface area (Å²) in [6.07, 6.45) is 4.58. The summed E-state index contributed by atoms with van der Waals surface area (Å²) in [4.78, 5) is 6.88. The number of hydrogen-bond donors (Lipinski definition) is 1. The van der Waals surface area contributed by atoms with E-state index >= 15 is 0 Å². The molecule has 1 aromatic carbocycles. The van der Waals surface area contributed by atoms with Crippen LogP contribution in [0.4, 0.5) is 5.82 Å². The van der Waals surface area contributed by atoms with Crippen LogP contribution in [-0.4, -0.2) is 36.1 Å². The number of pyridine rings is 1. The maximum atomic E-state index is 4.45. The first-order chi connectivity index (χ1) is 9.25. The fourth-order valence-electron chi connectivity index (χ4n) is 2.36. The number of nitrogens with one attached hydrogen (secondary N) is 1. The van der Waals surface area contributed by atoms with Gasteiger partial charge in [-0.25, -0.2) is 4.98 Å². The highest BCUT2D eigenvalue weighted by atomic mass is 79.9. The van der Waals surface area contributed by atoms with Crippen molar-refractivity contribution in [2.24, 2.45) is 0 Å². The minimum atomic E-state index is 0.816. The minimum absolute atomic E-state index is 0.816. The fraction of sp³-hybridized carbons (Fsp3) is 0.400. The molecule has 1 heterocycles. The third-order valence-electron chi connectivity index (χ3n) is 3.68. The molecule has 1 aliphatic carbocycles. The first kappa shape index (κ1) is 12.9. The molecule has 0 unspecified atom stereocenters. The van der Waals surface area contributed by atoms with E-state index in [1.807, 2.05) is 12.3 Å². The van der Waals surface area contributed by atoms with E-state index < -0.39 is 0 Å². The van der Waals surface area contributed by atoms with Crippen molar-refractivity contribution in [3.63, 3.8) is 0 Å². The lowest BCUT2D eigenvalue weighted by Crippen LogP contribution is -2.27. The molecule has 1 aliphatic rings. The van der Waals surface area contributed by atoms with Crippen LogP contribution in [0.15, 0.2) is 34.9 Å². The van der Waals surface area contributed by atoms with Crippen molar-refractivity contribution in [1.82, 2.24) is 9.88 Å². The van der Waals surface area contributed by atoms with Gasteiger partial charge in [0.25, 0.3) is 0 Å². The van der Waals surface area contributed by atoms with Gasteiger partial charge in [-0.15, -0.1) is 0 Å². The molecule has 0 saturated heterocycles. The highest BCUT2D eigenvalue weighted by molar-refractivity contribution is 9.10. The van der Waals surface area contributed by atoms with Crippen molar-refractivity contribution >= 4 is 32.5 Å². The molecular weight excluding hydrogens is 302 g/mol. The molecule has 0 atom stereocenters. The average molecular weight is 320 g/mol. The lowest BCUT2D eigenvalue weighted by molar-refractivity contribution is 0.337. The lowest BCUT2D eigenvalue weighted by atomic mass is 10.1. The Hall–Kier alpha value is -1.13. The molecule has 1 saturated carbocycles. The van der Waals surface area contributed by atoms with Crippen molar-refractivity contribution in [1.29, 1.82) is 0 Å². The maximum Gasteiger partial charge on any atom is 0.133 e. The Kier molecular flexibility index (Phi) is 3.71. The van der Waals surface area contributed by atoms with Crippen LogP contribution in [0.3, 0.4) is 0 Å². The normalized spacial score (nSPS) is 15.1. The molecular formula is C15H18BrN3. The minimum Gasteiger partial charge on any atom is -0.368 e. The summed E-state index contributed by atoms with van der Waals surface area (Å²) >= 11 is 3.59. The van der Waals surface area contributed by atoms with Gasteiger partial charge in [0.15, 0.2) is 0 Å². The van der Waals surface area contributed by atoms with Gasteiger partial charge in [0.05, 0.1) is 0 Å². The summed E-state index contributed by atoms with van der Waals surface area (Å²) in [5.41, 5.74) is 0. The van der Waals surface area contributed by atoms with Gasteiger partial charge in [-0.3, -0.25) is 0 Å². The molecule has 3 nitrogen and oxygen atoms in total. The molecule has 0 aliphatic heterocycles. The molecule has 0 bridgehead atoms. The summed E-state index contributed by atoms with van der Waals surface area (Å²) in [6.45, 7) is 2.00. The van der Waals surface area contributed by atoms with E-state index in [0.717, 1.165) is 29.4 Å². The van der Waals surface area contributed by atoms with Crippen LogP contribution < -0.4 is 5.32 Å². The zero-order chi connectivity index (χ0) is 13.2. The number of likely N-dealkylation sites (N-methyl/N-ethyl adjacent to an activating group) is 1. The number of anilines is 1. The van der Waals surface area contributed by atoms with E-state index in [0.29, 0.717) is 0 Å². The molecule has 100 valence electrons. The number of benzene rings is 1. The topological polar surface area (TPSA) is 28.2 Å². The Morgan fingerprint density at radius 2 is 2.16 bits per heavy atom. The molecule has 0 radical (unpaired) electrons. The Bertz CT molecular complexity index is 581. The van der Waals surface area contributed by atoms with Crippen LogP contribution in [0.2, 0.25) is 0 Å². The number of nitrogens with zero attached hydrogens (tertiary/aromatic N) is 2. The number of fused-ring (bicyclic) bond motifs is 1. The smallest absolute Gasteiger partial charge is 0.133 e. The van der Waals surface area contributed by atoms with Gasteiger partial charge in [0.2, 0.25) is 0 Å². The number of rotatable bonds is 5. The van der Waals surface area contributed by atoms with Crippen LogP contribution in [0.5, 0.6) is 0 Å². The van der Waals surface area contributed by atoms with Crippen LogP contribution in [0.1, 0.15) is 12.8 Å². The summed E-state index contributed by atoms with van der Waals surface area (Å²) in [7, 11) is 2.20. The van der Waals surface area contributed by atoms with Gasteiger partial charge < -0.3 is 10.2 Å². The zero-order valence-corrected chi connectivity index (χ0v) is 12.7. The van der Waals surface area contributed by atoms with E-state index in [1.54, 1.807) is 0 Å². The second-order valence-electron chi connectivity index (χ2n) is 5.13. The van der Waals surface area contributed by atoms with Crippen molar-refractivity contribution in [3.05, 3.63) is 34.9 Å². The Balaban J connectivity index is 1.71. The van der Waals surface area contributed by atoms with Crippen LogP contribution in [0, 0.1) is 0 Å². The zero-order valence-electron chi connectivity index (χ0n) is 11.1. The lowest BCUT2D eigenvalue weighted by Gasteiger charge is -2.16. The maximum absolute atomic E-state index is 4.45. The molecule has 19 heavy (non-hydrogen) atoms. The summed E-state index contributed by atoms with van der Waals surface area (Å²) in [5, 5.41) is 5.83. The average Bonchev–Trinajstić information content (AvgIpc) is 3.24. The molecule has 4 heteroatoms. The van der Waals surface area contributed by atoms with E-state index in [9.17, 15) is 0 Å². The van der Waals surface area contributed by atoms with Crippen LogP contribution >= 0.6 is 15.9 Å². The fourth-order valence-corrected chi connectivity index (χ4v) is 2.86. The van der Waals surface area contributed by atoms with Gasteiger partial charge >= 0.3 is 0 Å². The van der Waals surface area contributed by atoms with Crippen molar-refractivity contribution in [2.75, 3.05) is 25.5 Å². The van der Waals surface area contributed by atoms with Crippen molar-refractivity contribution in [3.8, 4) is 0 Å². The second kappa shape index (κ2) is 5.47. The summed E-state index contributed by atoms with van der Waals surface area (Å²) in [6, 6.07) is 9.08. The highest BCUT2D eigenvalue weighted by Crippen LogP contribution is 2.28. The van der Waals surface area contributed by atoms with E-state index in [1.165, 1.54) is 23.6 Å². The predicted octanol–water partition coefficient (Wildman–Crippen LogP) is 3.50. The largest absolute Gasteiger partial charge is 0.368 e. The quantitative estimate of drug-likeness (QED) is 0.914. The molecule has 3 rings (SSSR count). The molecule has 0 amide bonds. The second-order valence-corrected chi connectivity index (χ2v) is 5.99. The van der Waals surface area contributed by atoms with Crippen molar-refractivity contribution < 1.29 is 0 Å². The van der Waals surface area contributed by atoms with E-state index in [4.69, 9.17) is 0 Å². The van der Waals surface area contributed by atoms with Crippen LogP contribution in [-0.2, 0) is 0 Å². The number of halogens is 1. The predicted molar refractivity (Wildman–Crippen MR) is 83.6 cm³/mol. The van der Waals surface area contributed by atoms with Gasteiger partial charge in [-0.05, 0) is 32.0 Å². The molecule has 1 N–H and O–H groups in total. The summed E-state index contributed by atoms with van der Waals surface area (Å²) < 4.78 is 1.12. The Morgan fingerprint density at radius 1 is 1.32 bits per heavy atom. The van der Waals surface area contributed by atoms with Gasteiger partial charge in [-0.2, -0.15) is 0 Å². The molecule has 2 aromatic rings. The molecule has 1 fully saturated rings. The van der Waals surface area contributed by atoms with Crippen molar-refractivity contribution in [2.45, 2.75) is 18.9 Å². The number of hydrogen-bond acceptors (Lipinski definition) is 3. The van der Waals surface area contributed by atoms with Gasteiger partial charge in [-0.1, -0.05) is 28.1 Å².